The zero-order valence-electron chi connectivity index (χ0n) is 19.6. The lowest BCUT2D eigenvalue weighted by atomic mass is 10.1. The Hall–Kier alpha value is -3.91. The minimum absolute atomic E-state index is 0.0261. The van der Waals surface area contributed by atoms with Gasteiger partial charge in [-0.05, 0) is 48.9 Å². The number of thioether (sulfide) groups is 1. The Kier molecular flexibility index (Phi) is 7.95. The number of carbonyl (C=O) groups is 2. The van der Waals surface area contributed by atoms with Crippen LogP contribution in [0.5, 0.6) is 0 Å². The molecule has 2 amide bonds. The number of hydrogen-bond acceptors (Lipinski definition) is 6. The van der Waals surface area contributed by atoms with Gasteiger partial charge in [-0.3, -0.25) is 9.59 Å². The van der Waals surface area contributed by atoms with Crippen molar-refractivity contribution in [3.8, 4) is 0 Å². The summed E-state index contributed by atoms with van der Waals surface area (Å²) in [6.45, 7) is 4.30. The Morgan fingerprint density at radius 3 is 2.37 bits per heavy atom. The van der Waals surface area contributed by atoms with Crippen molar-refractivity contribution < 1.29 is 14.1 Å². The topological polar surface area (TPSA) is 88.3 Å². The summed E-state index contributed by atoms with van der Waals surface area (Å²) in [5, 5.41) is 6.84. The average molecular weight is 487 g/mol. The van der Waals surface area contributed by atoms with Gasteiger partial charge in [0.05, 0.1) is 17.7 Å². The molecule has 0 fully saturated rings. The fourth-order valence-electron chi connectivity index (χ4n) is 3.61. The SMILES string of the molecule is CCN(C(=O)Cc1ccc(NC(=O)c2ccccc2SCc2noc(C)n2)cc1)c1ccccc1. The van der Waals surface area contributed by atoms with Gasteiger partial charge in [0.25, 0.3) is 5.91 Å². The number of amides is 2. The van der Waals surface area contributed by atoms with Crippen LogP contribution < -0.4 is 10.2 Å². The summed E-state index contributed by atoms with van der Waals surface area (Å²) in [4.78, 5) is 32.6. The Morgan fingerprint density at radius 1 is 0.971 bits per heavy atom. The quantitative estimate of drug-likeness (QED) is 0.314. The smallest absolute Gasteiger partial charge is 0.256 e. The summed E-state index contributed by atoms with van der Waals surface area (Å²) in [6.07, 6.45) is 0.284. The number of aromatic nitrogens is 2. The van der Waals surface area contributed by atoms with Crippen LogP contribution in [0.1, 0.15) is 34.6 Å². The second-order valence-corrected chi connectivity index (χ2v) is 8.83. The molecule has 0 bridgehead atoms. The van der Waals surface area contributed by atoms with Crippen LogP contribution in [0, 0.1) is 6.92 Å². The maximum absolute atomic E-state index is 13.0. The number of anilines is 2. The molecule has 4 rings (SSSR count). The van der Waals surface area contributed by atoms with Crippen LogP contribution >= 0.6 is 11.8 Å². The van der Waals surface area contributed by atoms with Crippen molar-refractivity contribution in [2.75, 3.05) is 16.8 Å². The number of hydrogen-bond donors (Lipinski definition) is 1. The molecule has 0 saturated heterocycles. The molecule has 7 nitrogen and oxygen atoms in total. The normalized spacial score (nSPS) is 10.7. The second kappa shape index (κ2) is 11.5. The Morgan fingerprint density at radius 2 is 1.69 bits per heavy atom. The van der Waals surface area contributed by atoms with Crippen LogP contribution in [-0.2, 0) is 17.0 Å². The van der Waals surface area contributed by atoms with Gasteiger partial charge in [-0.1, -0.05) is 47.6 Å². The van der Waals surface area contributed by atoms with Crippen molar-refractivity contribution in [1.82, 2.24) is 10.1 Å². The molecule has 0 unspecified atom stereocenters. The van der Waals surface area contributed by atoms with Crippen LogP contribution in [0.4, 0.5) is 11.4 Å². The van der Waals surface area contributed by atoms with Gasteiger partial charge < -0.3 is 14.7 Å². The first-order valence-corrected chi connectivity index (χ1v) is 12.3. The fourth-order valence-corrected chi connectivity index (χ4v) is 4.50. The third-order valence-electron chi connectivity index (χ3n) is 5.31. The molecule has 3 aromatic carbocycles. The van der Waals surface area contributed by atoms with Crippen LogP contribution in [-0.4, -0.2) is 28.5 Å². The lowest BCUT2D eigenvalue weighted by molar-refractivity contribution is -0.117. The van der Waals surface area contributed by atoms with E-state index in [1.165, 1.54) is 11.8 Å². The Balaban J connectivity index is 1.38. The van der Waals surface area contributed by atoms with E-state index in [0.717, 1.165) is 16.1 Å². The largest absolute Gasteiger partial charge is 0.340 e. The number of rotatable bonds is 9. The van der Waals surface area contributed by atoms with Gasteiger partial charge in [0.2, 0.25) is 11.8 Å². The van der Waals surface area contributed by atoms with E-state index in [4.69, 9.17) is 4.52 Å². The summed E-state index contributed by atoms with van der Waals surface area (Å²) in [5.74, 6) is 1.42. The van der Waals surface area contributed by atoms with Crippen LogP contribution in [0.25, 0.3) is 0 Å². The van der Waals surface area contributed by atoms with Crippen molar-refractivity contribution in [2.24, 2.45) is 0 Å². The Bertz CT molecular complexity index is 1290. The first-order valence-electron chi connectivity index (χ1n) is 11.3. The van der Waals surface area contributed by atoms with E-state index in [1.807, 2.05) is 79.7 Å². The minimum Gasteiger partial charge on any atom is -0.340 e. The molecule has 0 radical (unpaired) electrons. The molecular weight excluding hydrogens is 460 g/mol. The van der Waals surface area contributed by atoms with Crippen LogP contribution in [0.3, 0.4) is 0 Å². The van der Waals surface area contributed by atoms with E-state index in [0.29, 0.717) is 35.3 Å². The number of nitrogens with zero attached hydrogens (tertiary/aromatic N) is 3. The summed E-state index contributed by atoms with van der Waals surface area (Å²) in [7, 11) is 0. The molecule has 178 valence electrons. The lowest BCUT2D eigenvalue weighted by Gasteiger charge is -2.21. The number of para-hydroxylation sites is 1. The third-order valence-corrected chi connectivity index (χ3v) is 6.38. The molecule has 0 aliphatic rings. The predicted molar refractivity (Wildman–Crippen MR) is 138 cm³/mol. The van der Waals surface area contributed by atoms with Gasteiger partial charge in [0.15, 0.2) is 5.82 Å². The average Bonchev–Trinajstić information content (AvgIpc) is 3.30. The summed E-state index contributed by atoms with van der Waals surface area (Å²) >= 11 is 1.48. The standard InChI is InChI=1S/C27H26N4O3S/c1-3-31(22-9-5-4-6-10-22)26(32)17-20-13-15-21(16-14-20)29-27(33)23-11-7-8-12-24(23)35-18-25-28-19(2)34-30-25/h4-16H,3,17-18H2,1-2H3,(H,29,33). The van der Waals surface area contributed by atoms with Crippen molar-refractivity contribution in [3.05, 3.63) is 102 Å². The van der Waals surface area contributed by atoms with E-state index in [9.17, 15) is 9.59 Å². The number of nitrogens with one attached hydrogen (secondary N) is 1. The summed E-state index contributed by atoms with van der Waals surface area (Å²) in [6, 6.07) is 24.4. The third kappa shape index (κ3) is 6.36. The van der Waals surface area contributed by atoms with E-state index in [2.05, 4.69) is 15.5 Å². The van der Waals surface area contributed by atoms with Gasteiger partial charge in [-0.25, -0.2) is 0 Å². The second-order valence-electron chi connectivity index (χ2n) is 7.82. The van der Waals surface area contributed by atoms with Gasteiger partial charge in [-0.15, -0.1) is 11.8 Å². The molecule has 4 aromatic rings. The molecule has 1 N–H and O–H groups in total. The van der Waals surface area contributed by atoms with E-state index in [1.54, 1.807) is 17.9 Å². The number of carbonyl (C=O) groups excluding carboxylic acids is 2. The van der Waals surface area contributed by atoms with E-state index >= 15 is 0 Å². The first kappa shape index (κ1) is 24.2. The zero-order valence-corrected chi connectivity index (χ0v) is 20.4. The van der Waals surface area contributed by atoms with Crippen molar-refractivity contribution in [1.29, 1.82) is 0 Å². The molecule has 8 heteroatoms. The molecule has 0 aliphatic carbocycles. The molecule has 0 aliphatic heterocycles. The monoisotopic (exact) mass is 486 g/mol. The molecule has 0 spiro atoms. The number of likely N-dealkylation sites (N-methyl/N-ethyl adjacent to an activating group) is 1. The maximum Gasteiger partial charge on any atom is 0.256 e. The summed E-state index contributed by atoms with van der Waals surface area (Å²) < 4.78 is 5.01. The van der Waals surface area contributed by atoms with Gasteiger partial charge in [0, 0.05) is 29.7 Å². The fraction of sp³-hybridized carbons (Fsp3) is 0.185. The van der Waals surface area contributed by atoms with Gasteiger partial charge >= 0.3 is 0 Å². The molecule has 0 atom stereocenters. The molecule has 0 saturated carbocycles. The number of benzene rings is 3. The molecular formula is C27H26N4O3S. The zero-order chi connectivity index (χ0) is 24.6. The van der Waals surface area contributed by atoms with Gasteiger partial charge in [0.1, 0.15) is 0 Å². The van der Waals surface area contributed by atoms with Crippen molar-refractivity contribution in [3.63, 3.8) is 0 Å². The van der Waals surface area contributed by atoms with E-state index < -0.39 is 0 Å². The summed E-state index contributed by atoms with van der Waals surface area (Å²) in [5.41, 5.74) is 3.00. The minimum atomic E-state index is -0.206. The van der Waals surface area contributed by atoms with Crippen molar-refractivity contribution >= 4 is 35.0 Å². The highest BCUT2D eigenvalue weighted by molar-refractivity contribution is 7.98. The number of aryl methyl sites for hydroxylation is 1. The van der Waals surface area contributed by atoms with E-state index in [-0.39, 0.29) is 18.2 Å². The molecule has 35 heavy (non-hydrogen) atoms. The Labute approximate surface area is 208 Å². The maximum atomic E-state index is 13.0. The highest BCUT2D eigenvalue weighted by Crippen LogP contribution is 2.26. The molecule has 1 heterocycles. The molecule has 1 aromatic heterocycles. The van der Waals surface area contributed by atoms with Crippen LogP contribution in [0.2, 0.25) is 0 Å². The van der Waals surface area contributed by atoms with Gasteiger partial charge in [-0.2, -0.15) is 4.98 Å². The highest BCUT2D eigenvalue weighted by atomic mass is 32.2. The predicted octanol–water partition coefficient (Wildman–Crippen LogP) is 5.52. The van der Waals surface area contributed by atoms with Crippen molar-refractivity contribution in [2.45, 2.75) is 30.9 Å². The lowest BCUT2D eigenvalue weighted by Crippen LogP contribution is -2.31. The van der Waals surface area contributed by atoms with Crippen LogP contribution in [0.15, 0.2) is 88.3 Å². The first-order chi connectivity index (χ1) is 17.0. The highest BCUT2D eigenvalue weighted by Gasteiger charge is 2.15.